The van der Waals surface area contributed by atoms with Crippen LogP contribution in [-0.4, -0.2) is 19.3 Å². The number of amides is 1. The summed E-state index contributed by atoms with van der Waals surface area (Å²) in [5.74, 6) is -1.12. The summed E-state index contributed by atoms with van der Waals surface area (Å²) in [4.78, 5) is 16.4. The third-order valence-electron chi connectivity index (χ3n) is 4.06. The minimum atomic E-state index is -4.05. The number of carbonyl (C=O) groups is 1. The molecule has 0 fully saturated rings. The molecule has 28 heavy (non-hydrogen) atoms. The molecule has 0 radical (unpaired) electrons. The maximum atomic E-state index is 13.8. The van der Waals surface area contributed by atoms with Crippen LogP contribution in [-0.2, 0) is 10.0 Å². The van der Waals surface area contributed by atoms with E-state index in [4.69, 9.17) is 0 Å². The molecule has 2 N–H and O–H groups in total. The molecule has 3 aromatic rings. The van der Waals surface area contributed by atoms with Crippen molar-refractivity contribution >= 4 is 21.6 Å². The zero-order valence-electron chi connectivity index (χ0n) is 15.0. The number of nitrogens with one attached hydrogen (secondary N) is 2. The average molecular weight is 399 g/mol. The van der Waals surface area contributed by atoms with E-state index in [9.17, 15) is 17.6 Å². The van der Waals surface area contributed by atoms with Crippen molar-refractivity contribution in [3.8, 4) is 0 Å². The largest absolute Gasteiger partial charge is 0.345 e. The molecule has 2 aromatic carbocycles. The predicted molar refractivity (Wildman–Crippen MR) is 104 cm³/mol. The van der Waals surface area contributed by atoms with Crippen molar-refractivity contribution in [2.75, 3.05) is 4.72 Å². The fourth-order valence-corrected chi connectivity index (χ4v) is 3.66. The molecule has 0 spiro atoms. The molecule has 1 amide bonds. The molecule has 8 heteroatoms. The second-order valence-electron chi connectivity index (χ2n) is 6.09. The van der Waals surface area contributed by atoms with E-state index < -0.39 is 21.7 Å². The second kappa shape index (κ2) is 8.18. The highest BCUT2D eigenvalue weighted by Crippen LogP contribution is 2.20. The van der Waals surface area contributed by atoms with E-state index in [-0.39, 0.29) is 22.2 Å². The molecular weight excluding hydrogens is 381 g/mol. The van der Waals surface area contributed by atoms with Gasteiger partial charge in [0.15, 0.2) is 0 Å². The molecule has 144 valence electrons. The van der Waals surface area contributed by atoms with Crippen LogP contribution in [0.2, 0.25) is 0 Å². The van der Waals surface area contributed by atoms with Crippen molar-refractivity contribution in [1.82, 2.24) is 10.3 Å². The van der Waals surface area contributed by atoms with Crippen molar-refractivity contribution < 1.29 is 17.6 Å². The number of anilines is 1. The Morgan fingerprint density at radius 3 is 2.57 bits per heavy atom. The average Bonchev–Trinajstić information content (AvgIpc) is 2.70. The Hall–Kier alpha value is -3.26. The summed E-state index contributed by atoms with van der Waals surface area (Å²) in [7, 11) is -4.05. The van der Waals surface area contributed by atoms with Crippen molar-refractivity contribution in [3.63, 3.8) is 0 Å². The van der Waals surface area contributed by atoms with Crippen molar-refractivity contribution in [1.29, 1.82) is 0 Å². The lowest BCUT2D eigenvalue weighted by atomic mass is 10.1. The number of pyridine rings is 1. The first-order valence-corrected chi connectivity index (χ1v) is 9.93. The highest BCUT2D eigenvalue weighted by Gasteiger charge is 2.19. The van der Waals surface area contributed by atoms with E-state index in [1.807, 2.05) is 6.07 Å². The summed E-state index contributed by atoms with van der Waals surface area (Å²) in [6, 6.07) is 14.3. The normalized spacial score (nSPS) is 12.2. The Bertz CT molecular complexity index is 1090. The fourth-order valence-electron chi connectivity index (χ4n) is 2.55. The molecule has 0 aliphatic rings. The van der Waals surface area contributed by atoms with Gasteiger partial charge in [-0.15, -0.1) is 0 Å². The molecule has 1 aromatic heterocycles. The Morgan fingerprint density at radius 1 is 1.07 bits per heavy atom. The summed E-state index contributed by atoms with van der Waals surface area (Å²) in [6.45, 7) is 1.80. The smallest absolute Gasteiger partial charge is 0.262 e. The first-order chi connectivity index (χ1) is 13.4. The molecule has 0 saturated carbocycles. The van der Waals surface area contributed by atoms with Crippen LogP contribution in [0, 0.1) is 5.82 Å². The maximum Gasteiger partial charge on any atom is 0.262 e. The number of hydrogen-bond donors (Lipinski definition) is 2. The first kappa shape index (κ1) is 19.5. The zero-order chi connectivity index (χ0) is 20.1. The van der Waals surface area contributed by atoms with Crippen LogP contribution in [0.1, 0.15) is 28.9 Å². The van der Waals surface area contributed by atoms with Gasteiger partial charge >= 0.3 is 0 Å². The van der Waals surface area contributed by atoms with E-state index in [2.05, 4.69) is 15.0 Å². The summed E-state index contributed by atoms with van der Waals surface area (Å²) in [6.07, 6.45) is 3.28. The van der Waals surface area contributed by atoms with Crippen LogP contribution in [0.3, 0.4) is 0 Å². The van der Waals surface area contributed by atoms with Gasteiger partial charge in [0.2, 0.25) is 0 Å². The topological polar surface area (TPSA) is 88.2 Å². The van der Waals surface area contributed by atoms with Crippen LogP contribution in [0.25, 0.3) is 0 Å². The highest BCUT2D eigenvalue weighted by molar-refractivity contribution is 7.92. The number of aromatic nitrogens is 1. The summed E-state index contributed by atoms with van der Waals surface area (Å²) >= 11 is 0. The van der Waals surface area contributed by atoms with Crippen LogP contribution in [0.15, 0.2) is 78.0 Å². The third kappa shape index (κ3) is 4.52. The standard InChI is InChI=1S/C20H18FN3O3S/c1-14(16-7-5-11-22-13-16)23-20(25)15-6-4-8-17(12-15)28(26,27)24-19-10-3-2-9-18(19)21/h2-14,24H,1H3,(H,23,25). The van der Waals surface area contributed by atoms with Gasteiger partial charge in [0, 0.05) is 18.0 Å². The fraction of sp³-hybridized carbons (Fsp3) is 0.100. The van der Waals surface area contributed by atoms with Crippen LogP contribution < -0.4 is 10.0 Å². The predicted octanol–water partition coefficient (Wildman–Crippen LogP) is 3.51. The molecular formula is C20H18FN3O3S. The molecule has 1 atom stereocenters. The molecule has 1 unspecified atom stereocenters. The van der Waals surface area contributed by atoms with Gasteiger partial charge in [-0.3, -0.25) is 14.5 Å². The lowest BCUT2D eigenvalue weighted by Gasteiger charge is -2.14. The van der Waals surface area contributed by atoms with Gasteiger partial charge in [0.1, 0.15) is 5.82 Å². The molecule has 0 aliphatic heterocycles. The van der Waals surface area contributed by atoms with E-state index in [1.54, 1.807) is 25.4 Å². The Morgan fingerprint density at radius 2 is 1.86 bits per heavy atom. The van der Waals surface area contributed by atoms with Crippen LogP contribution in [0.5, 0.6) is 0 Å². The molecule has 0 bridgehead atoms. The Labute approximate surface area is 162 Å². The molecule has 1 heterocycles. The third-order valence-corrected chi connectivity index (χ3v) is 5.42. The van der Waals surface area contributed by atoms with Crippen LogP contribution >= 0.6 is 0 Å². The maximum absolute atomic E-state index is 13.8. The summed E-state index contributed by atoms with van der Waals surface area (Å²) in [5.41, 5.74) is 0.829. The molecule has 0 aliphatic carbocycles. The summed E-state index contributed by atoms with van der Waals surface area (Å²) < 4.78 is 41.1. The number of halogens is 1. The summed E-state index contributed by atoms with van der Waals surface area (Å²) in [5, 5.41) is 2.80. The molecule has 3 rings (SSSR count). The lowest BCUT2D eigenvalue weighted by Crippen LogP contribution is -2.27. The van der Waals surface area contributed by atoms with Crippen molar-refractivity contribution in [2.24, 2.45) is 0 Å². The number of sulfonamides is 1. The van der Waals surface area contributed by atoms with Crippen molar-refractivity contribution in [2.45, 2.75) is 17.9 Å². The number of rotatable bonds is 6. The van der Waals surface area contributed by atoms with Gasteiger partial charge in [0.25, 0.3) is 15.9 Å². The van der Waals surface area contributed by atoms with E-state index in [0.717, 1.165) is 11.6 Å². The Balaban J connectivity index is 1.79. The number of para-hydroxylation sites is 1. The molecule has 6 nitrogen and oxygen atoms in total. The SMILES string of the molecule is CC(NC(=O)c1cccc(S(=O)(=O)Nc2ccccc2F)c1)c1cccnc1. The van der Waals surface area contributed by atoms with Gasteiger partial charge in [-0.05, 0) is 48.9 Å². The van der Waals surface area contributed by atoms with E-state index >= 15 is 0 Å². The number of carbonyl (C=O) groups excluding carboxylic acids is 1. The van der Waals surface area contributed by atoms with Gasteiger partial charge in [-0.2, -0.15) is 0 Å². The van der Waals surface area contributed by atoms with Gasteiger partial charge < -0.3 is 5.32 Å². The van der Waals surface area contributed by atoms with Crippen molar-refractivity contribution in [3.05, 3.63) is 90.0 Å². The monoisotopic (exact) mass is 399 g/mol. The Kier molecular flexibility index (Phi) is 5.70. The number of hydrogen-bond acceptors (Lipinski definition) is 4. The first-order valence-electron chi connectivity index (χ1n) is 8.45. The van der Waals surface area contributed by atoms with E-state index in [0.29, 0.717) is 0 Å². The number of nitrogens with zero attached hydrogens (tertiary/aromatic N) is 1. The van der Waals surface area contributed by atoms with Gasteiger partial charge in [-0.1, -0.05) is 24.3 Å². The van der Waals surface area contributed by atoms with E-state index in [1.165, 1.54) is 42.5 Å². The lowest BCUT2D eigenvalue weighted by molar-refractivity contribution is 0.0939. The van der Waals surface area contributed by atoms with Crippen LogP contribution in [0.4, 0.5) is 10.1 Å². The zero-order valence-corrected chi connectivity index (χ0v) is 15.8. The molecule has 0 saturated heterocycles. The quantitative estimate of drug-likeness (QED) is 0.664. The highest BCUT2D eigenvalue weighted by atomic mass is 32.2. The van der Waals surface area contributed by atoms with Gasteiger partial charge in [0.05, 0.1) is 16.6 Å². The number of benzene rings is 2. The van der Waals surface area contributed by atoms with Gasteiger partial charge in [-0.25, -0.2) is 12.8 Å². The second-order valence-corrected chi connectivity index (χ2v) is 7.78. The minimum absolute atomic E-state index is 0.141. The minimum Gasteiger partial charge on any atom is -0.345 e.